The molecule has 0 saturated heterocycles. The molecule has 5 nitrogen and oxygen atoms in total. The van der Waals surface area contributed by atoms with Crippen LogP contribution in [0, 0.1) is 5.92 Å². The van der Waals surface area contributed by atoms with E-state index in [0.717, 1.165) is 12.1 Å². The lowest BCUT2D eigenvalue weighted by Crippen LogP contribution is -2.06. The van der Waals surface area contributed by atoms with Crippen molar-refractivity contribution in [2.45, 2.75) is 33.1 Å². The van der Waals surface area contributed by atoms with Crippen LogP contribution in [0.2, 0.25) is 0 Å². The molecular weight excluding hydrogens is 220 g/mol. The number of aliphatic carboxylic acids is 1. The van der Waals surface area contributed by atoms with Crippen LogP contribution in [0.3, 0.4) is 0 Å². The number of aromatic nitrogens is 2. The third-order valence-corrected chi connectivity index (χ3v) is 2.25. The first-order chi connectivity index (χ1) is 8.02. The molecule has 0 aromatic carbocycles. The summed E-state index contributed by atoms with van der Waals surface area (Å²) in [7, 11) is 1.55. The molecule has 1 N–H and O–H groups in total. The zero-order chi connectivity index (χ0) is 12.8. The van der Waals surface area contributed by atoms with Gasteiger partial charge in [-0.3, -0.25) is 9.78 Å². The van der Waals surface area contributed by atoms with E-state index in [-0.39, 0.29) is 6.42 Å². The lowest BCUT2D eigenvalue weighted by atomic mass is 10.1. The molecule has 1 rings (SSSR count). The summed E-state index contributed by atoms with van der Waals surface area (Å²) < 4.78 is 5.17. The van der Waals surface area contributed by atoms with E-state index in [0.29, 0.717) is 23.9 Å². The predicted molar refractivity (Wildman–Crippen MR) is 63.1 cm³/mol. The number of methoxy groups -OCH3 is 1. The highest BCUT2D eigenvalue weighted by Crippen LogP contribution is 2.17. The van der Waals surface area contributed by atoms with Crippen LogP contribution in [0.1, 0.15) is 31.7 Å². The molecule has 0 aliphatic heterocycles. The van der Waals surface area contributed by atoms with Gasteiger partial charge in [0.25, 0.3) is 0 Å². The maximum absolute atomic E-state index is 10.5. The Hall–Kier alpha value is -1.65. The van der Waals surface area contributed by atoms with Gasteiger partial charge in [-0.2, -0.15) is 0 Å². The van der Waals surface area contributed by atoms with Crippen LogP contribution in [0.25, 0.3) is 0 Å². The molecule has 0 fully saturated rings. The van der Waals surface area contributed by atoms with Crippen molar-refractivity contribution < 1.29 is 14.6 Å². The first kappa shape index (κ1) is 13.4. The Bertz CT molecular complexity index is 391. The van der Waals surface area contributed by atoms with Crippen LogP contribution in [-0.4, -0.2) is 28.2 Å². The van der Waals surface area contributed by atoms with E-state index in [2.05, 4.69) is 23.8 Å². The molecule has 94 valence electrons. The summed E-state index contributed by atoms with van der Waals surface area (Å²) in [6.07, 6.45) is 2.86. The van der Waals surface area contributed by atoms with Crippen molar-refractivity contribution in [2.75, 3.05) is 7.11 Å². The Morgan fingerprint density at radius 2 is 2.24 bits per heavy atom. The minimum Gasteiger partial charge on any atom is -0.481 e. The number of carboxylic acids is 1. The third kappa shape index (κ3) is 4.38. The van der Waals surface area contributed by atoms with Crippen molar-refractivity contribution in [3.8, 4) is 5.88 Å². The molecule has 0 unspecified atom stereocenters. The SMILES string of the molecule is COc1nc(CCC(=O)O)cnc1CC(C)C. The summed E-state index contributed by atoms with van der Waals surface area (Å²) in [5.74, 6) is 0.140. The molecule has 0 spiro atoms. The van der Waals surface area contributed by atoms with Gasteiger partial charge in [0.05, 0.1) is 19.2 Å². The van der Waals surface area contributed by atoms with E-state index in [1.807, 2.05) is 0 Å². The largest absolute Gasteiger partial charge is 0.481 e. The number of hydrogen-bond acceptors (Lipinski definition) is 4. The summed E-state index contributed by atoms with van der Waals surface area (Å²) in [6, 6.07) is 0. The van der Waals surface area contributed by atoms with Gasteiger partial charge >= 0.3 is 5.97 Å². The van der Waals surface area contributed by atoms with Crippen molar-refractivity contribution in [2.24, 2.45) is 5.92 Å². The average molecular weight is 238 g/mol. The van der Waals surface area contributed by atoms with Gasteiger partial charge in [0.2, 0.25) is 5.88 Å². The second kappa shape index (κ2) is 6.18. The van der Waals surface area contributed by atoms with Gasteiger partial charge in [-0.1, -0.05) is 13.8 Å². The molecule has 0 saturated carbocycles. The standard InChI is InChI=1S/C12H18N2O3/c1-8(2)6-10-12(17-3)14-9(7-13-10)4-5-11(15)16/h7-8H,4-6H2,1-3H3,(H,15,16). The zero-order valence-electron chi connectivity index (χ0n) is 10.4. The van der Waals surface area contributed by atoms with Gasteiger partial charge in [-0.15, -0.1) is 0 Å². The van der Waals surface area contributed by atoms with E-state index in [1.165, 1.54) is 0 Å². The van der Waals surface area contributed by atoms with Gasteiger partial charge in [0.15, 0.2) is 0 Å². The molecule has 0 aliphatic rings. The van der Waals surface area contributed by atoms with Crippen LogP contribution in [0.4, 0.5) is 0 Å². The number of rotatable bonds is 6. The topological polar surface area (TPSA) is 72.3 Å². The third-order valence-electron chi connectivity index (χ3n) is 2.25. The van der Waals surface area contributed by atoms with Crippen LogP contribution >= 0.6 is 0 Å². The summed E-state index contributed by atoms with van der Waals surface area (Å²) in [5, 5.41) is 8.60. The van der Waals surface area contributed by atoms with E-state index in [9.17, 15) is 4.79 Å². The molecule has 5 heteroatoms. The van der Waals surface area contributed by atoms with E-state index >= 15 is 0 Å². The van der Waals surface area contributed by atoms with Gasteiger partial charge in [-0.05, 0) is 12.3 Å². The van der Waals surface area contributed by atoms with E-state index in [4.69, 9.17) is 9.84 Å². The molecule has 1 heterocycles. The number of carboxylic acid groups (broad SMARTS) is 1. The fourth-order valence-corrected chi connectivity index (χ4v) is 1.48. The minimum absolute atomic E-state index is 0.0569. The Labute approximate surface area is 101 Å². The van der Waals surface area contributed by atoms with Crippen LogP contribution in [-0.2, 0) is 17.6 Å². The van der Waals surface area contributed by atoms with E-state index in [1.54, 1.807) is 13.3 Å². The van der Waals surface area contributed by atoms with Gasteiger partial charge in [0.1, 0.15) is 5.69 Å². The Morgan fingerprint density at radius 3 is 2.76 bits per heavy atom. The van der Waals surface area contributed by atoms with Gasteiger partial charge in [0, 0.05) is 12.6 Å². The van der Waals surface area contributed by atoms with Crippen molar-refractivity contribution in [3.05, 3.63) is 17.6 Å². The molecule has 1 aromatic heterocycles. The molecule has 0 aliphatic carbocycles. The normalized spacial score (nSPS) is 10.6. The maximum Gasteiger partial charge on any atom is 0.303 e. The van der Waals surface area contributed by atoms with Crippen LogP contribution < -0.4 is 4.74 Å². The van der Waals surface area contributed by atoms with Gasteiger partial charge in [-0.25, -0.2) is 4.98 Å². The lowest BCUT2D eigenvalue weighted by Gasteiger charge is -2.09. The monoisotopic (exact) mass is 238 g/mol. The highest BCUT2D eigenvalue weighted by atomic mass is 16.5. The average Bonchev–Trinajstić information content (AvgIpc) is 2.26. The fourth-order valence-electron chi connectivity index (χ4n) is 1.48. The molecule has 0 bridgehead atoms. The number of nitrogens with zero attached hydrogens (tertiary/aromatic N) is 2. The molecular formula is C12H18N2O3. The summed E-state index contributed by atoms with van der Waals surface area (Å²) in [5.41, 5.74) is 1.47. The quantitative estimate of drug-likeness (QED) is 0.816. The van der Waals surface area contributed by atoms with Crippen LogP contribution in [0.15, 0.2) is 6.20 Å². The van der Waals surface area contributed by atoms with Crippen LogP contribution in [0.5, 0.6) is 5.88 Å². The first-order valence-corrected chi connectivity index (χ1v) is 5.63. The maximum atomic E-state index is 10.5. The lowest BCUT2D eigenvalue weighted by molar-refractivity contribution is -0.136. The number of hydrogen-bond donors (Lipinski definition) is 1. The molecule has 0 amide bonds. The first-order valence-electron chi connectivity index (χ1n) is 5.63. The second-order valence-electron chi connectivity index (χ2n) is 4.31. The number of carbonyl (C=O) groups is 1. The van der Waals surface area contributed by atoms with Gasteiger partial charge < -0.3 is 9.84 Å². The second-order valence-corrected chi connectivity index (χ2v) is 4.31. The fraction of sp³-hybridized carbons (Fsp3) is 0.583. The Balaban J connectivity index is 2.80. The summed E-state index contributed by atoms with van der Waals surface area (Å²) in [4.78, 5) is 19.0. The zero-order valence-corrected chi connectivity index (χ0v) is 10.4. The van der Waals surface area contributed by atoms with Crippen molar-refractivity contribution in [1.29, 1.82) is 0 Å². The van der Waals surface area contributed by atoms with Crippen molar-refractivity contribution in [3.63, 3.8) is 0 Å². The predicted octanol–water partition coefficient (Wildman–Crippen LogP) is 1.70. The molecule has 17 heavy (non-hydrogen) atoms. The summed E-state index contributed by atoms with van der Waals surface area (Å²) in [6.45, 7) is 4.19. The Kier molecular flexibility index (Phi) is 4.87. The molecule has 0 atom stereocenters. The minimum atomic E-state index is -0.836. The highest BCUT2D eigenvalue weighted by molar-refractivity contribution is 5.66. The van der Waals surface area contributed by atoms with Crippen molar-refractivity contribution in [1.82, 2.24) is 9.97 Å². The smallest absolute Gasteiger partial charge is 0.303 e. The Morgan fingerprint density at radius 1 is 1.53 bits per heavy atom. The van der Waals surface area contributed by atoms with E-state index < -0.39 is 5.97 Å². The molecule has 1 aromatic rings. The number of ether oxygens (including phenoxy) is 1. The number of aryl methyl sites for hydroxylation is 1. The molecule has 0 radical (unpaired) electrons. The summed E-state index contributed by atoms with van der Waals surface area (Å²) >= 11 is 0. The highest BCUT2D eigenvalue weighted by Gasteiger charge is 2.10. The van der Waals surface area contributed by atoms with Crippen molar-refractivity contribution >= 4 is 5.97 Å².